The smallest absolute Gasteiger partial charge is 0.257 e. The van der Waals surface area contributed by atoms with Crippen LogP contribution in [0.2, 0.25) is 0 Å². The van der Waals surface area contributed by atoms with Crippen molar-refractivity contribution in [3.63, 3.8) is 0 Å². The molecule has 0 bridgehead atoms. The number of anilines is 1. The number of nitrogens with zero attached hydrogens (tertiary/aromatic N) is 2. The number of para-hydroxylation sites is 2. The maximum absolute atomic E-state index is 6.28. The number of aromatic nitrogens is 1. The first-order valence-electron chi connectivity index (χ1n) is 9.17. The van der Waals surface area contributed by atoms with Gasteiger partial charge in [0.05, 0.1) is 0 Å². The zero-order chi connectivity index (χ0) is 19.1. The second-order valence-corrected chi connectivity index (χ2v) is 7.06. The van der Waals surface area contributed by atoms with Gasteiger partial charge >= 0.3 is 0 Å². The predicted molar refractivity (Wildman–Crippen MR) is 115 cm³/mol. The van der Waals surface area contributed by atoms with Gasteiger partial charge in [0.15, 0.2) is 5.71 Å². The molecule has 27 heavy (non-hydrogen) atoms. The maximum atomic E-state index is 6.28. The quantitative estimate of drug-likeness (QED) is 0.363. The average Bonchev–Trinajstić information content (AvgIpc) is 3.01. The number of benzene rings is 2. The number of pyridine rings is 1. The number of fused-ring (bicyclic) bond motifs is 3. The summed E-state index contributed by atoms with van der Waals surface area (Å²) in [5.41, 5.74) is 8.06. The summed E-state index contributed by atoms with van der Waals surface area (Å²) in [5, 5.41) is 5.44. The molecule has 2 aromatic carbocycles. The van der Waals surface area contributed by atoms with Gasteiger partial charge in [0.25, 0.3) is 5.69 Å². The monoisotopic (exact) mass is 358 g/mol. The van der Waals surface area contributed by atoms with Crippen molar-refractivity contribution in [2.24, 2.45) is 0 Å². The molecule has 0 saturated carbocycles. The highest BCUT2D eigenvalue weighted by Crippen LogP contribution is 2.39. The molecule has 136 valence electrons. The lowest BCUT2D eigenvalue weighted by Crippen LogP contribution is -2.14. The molecule has 0 spiro atoms. The van der Waals surface area contributed by atoms with Crippen molar-refractivity contribution in [2.75, 3.05) is 12.4 Å². The SMILES string of the molecule is CNc1ccccc1[N+](=C(C)C)c1c(C)ccc2c1oc1nc(C)ccc12. The summed E-state index contributed by atoms with van der Waals surface area (Å²) < 4.78 is 8.55. The highest BCUT2D eigenvalue weighted by Gasteiger charge is 2.27. The van der Waals surface area contributed by atoms with Gasteiger partial charge in [0, 0.05) is 49.0 Å². The second kappa shape index (κ2) is 6.54. The summed E-state index contributed by atoms with van der Waals surface area (Å²) in [5.74, 6) is 0. The van der Waals surface area contributed by atoms with Gasteiger partial charge in [-0.2, -0.15) is 4.58 Å². The normalized spacial score (nSPS) is 11.1. The Morgan fingerprint density at radius 2 is 1.70 bits per heavy atom. The van der Waals surface area contributed by atoms with Gasteiger partial charge in [-0.25, -0.2) is 4.98 Å². The van der Waals surface area contributed by atoms with Gasteiger partial charge in [0.1, 0.15) is 5.69 Å². The molecule has 1 N–H and O–H groups in total. The number of nitrogens with one attached hydrogen (secondary N) is 1. The Kier molecular flexibility index (Phi) is 4.19. The van der Waals surface area contributed by atoms with Gasteiger partial charge < -0.3 is 9.73 Å². The van der Waals surface area contributed by atoms with Crippen molar-refractivity contribution in [3.05, 3.63) is 59.8 Å². The molecule has 4 rings (SSSR count). The topological polar surface area (TPSA) is 41.1 Å². The standard InChI is InChI=1S/C23H24N3O/c1-14(2)26(20-9-7-6-8-19(20)24-5)21-15(3)10-12-17-18-13-11-16(4)25-23(18)27-22(17)21/h6-13,24H,1-5H3/q+1. The number of hydrogen-bond acceptors (Lipinski definition) is 3. The van der Waals surface area contributed by atoms with Gasteiger partial charge in [-0.15, -0.1) is 0 Å². The molecule has 0 unspecified atom stereocenters. The largest absolute Gasteiger partial charge is 0.431 e. The van der Waals surface area contributed by atoms with Crippen LogP contribution in [0.25, 0.3) is 22.1 Å². The summed E-state index contributed by atoms with van der Waals surface area (Å²) in [6, 6.07) is 16.7. The first-order valence-corrected chi connectivity index (χ1v) is 9.17. The van der Waals surface area contributed by atoms with Crippen LogP contribution in [0.4, 0.5) is 17.1 Å². The Balaban J connectivity index is 2.11. The van der Waals surface area contributed by atoms with E-state index in [0.717, 1.165) is 50.4 Å². The van der Waals surface area contributed by atoms with E-state index >= 15 is 0 Å². The highest BCUT2D eigenvalue weighted by atomic mass is 16.3. The first kappa shape index (κ1) is 17.3. The molecule has 2 aromatic heterocycles. The molecular formula is C23H24N3O+. The third-order valence-corrected chi connectivity index (χ3v) is 4.91. The van der Waals surface area contributed by atoms with Crippen LogP contribution in [0, 0.1) is 13.8 Å². The fourth-order valence-corrected chi connectivity index (χ4v) is 3.64. The van der Waals surface area contributed by atoms with E-state index in [1.54, 1.807) is 0 Å². The molecule has 4 aromatic rings. The fraction of sp³-hybridized carbons (Fsp3) is 0.217. The average molecular weight is 358 g/mol. The predicted octanol–water partition coefficient (Wildman–Crippen LogP) is 5.96. The first-order chi connectivity index (χ1) is 13.0. The van der Waals surface area contributed by atoms with Crippen LogP contribution in [-0.2, 0) is 0 Å². The van der Waals surface area contributed by atoms with Crippen molar-refractivity contribution in [3.8, 4) is 0 Å². The third-order valence-electron chi connectivity index (χ3n) is 4.91. The van der Waals surface area contributed by atoms with Crippen molar-refractivity contribution < 1.29 is 4.42 Å². The maximum Gasteiger partial charge on any atom is 0.257 e. The molecule has 0 saturated heterocycles. The molecule has 0 radical (unpaired) electrons. The Morgan fingerprint density at radius 3 is 2.44 bits per heavy atom. The van der Waals surface area contributed by atoms with Crippen LogP contribution in [-0.4, -0.2) is 17.7 Å². The van der Waals surface area contributed by atoms with Crippen molar-refractivity contribution in [1.29, 1.82) is 0 Å². The zero-order valence-corrected chi connectivity index (χ0v) is 16.4. The van der Waals surface area contributed by atoms with Gasteiger partial charge in [0.2, 0.25) is 17.0 Å². The van der Waals surface area contributed by atoms with Crippen LogP contribution < -0.4 is 9.89 Å². The van der Waals surface area contributed by atoms with E-state index in [1.165, 1.54) is 0 Å². The Bertz CT molecular complexity index is 1200. The van der Waals surface area contributed by atoms with Crippen LogP contribution >= 0.6 is 0 Å². The van der Waals surface area contributed by atoms with Gasteiger partial charge in [-0.1, -0.05) is 18.2 Å². The van der Waals surface area contributed by atoms with Crippen LogP contribution in [0.1, 0.15) is 25.1 Å². The van der Waals surface area contributed by atoms with E-state index in [9.17, 15) is 0 Å². The van der Waals surface area contributed by atoms with Crippen molar-refractivity contribution in [2.45, 2.75) is 27.7 Å². The summed E-state index contributed by atoms with van der Waals surface area (Å²) in [4.78, 5) is 4.59. The molecule has 2 heterocycles. The summed E-state index contributed by atoms with van der Waals surface area (Å²) in [7, 11) is 1.95. The zero-order valence-electron chi connectivity index (χ0n) is 16.4. The molecule has 0 aliphatic heterocycles. The van der Waals surface area contributed by atoms with Crippen molar-refractivity contribution >= 4 is 44.8 Å². The van der Waals surface area contributed by atoms with E-state index in [4.69, 9.17) is 4.42 Å². The van der Waals surface area contributed by atoms with Gasteiger partial charge in [-0.3, -0.25) is 0 Å². The Morgan fingerprint density at radius 1 is 0.963 bits per heavy atom. The molecular weight excluding hydrogens is 334 g/mol. The lowest BCUT2D eigenvalue weighted by Gasteiger charge is -2.11. The molecule has 0 aliphatic rings. The van der Waals surface area contributed by atoms with Crippen LogP contribution in [0.3, 0.4) is 0 Å². The minimum absolute atomic E-state index is 0.687. The van der Waals surface area contributed by atoms with E-state index in [1.807, 2.05) is 26.1 Å². The second-order valence-electron chi connectivity index (χ2n) is 7.06. The van der Waals surface area contributed by atoms with E-state index in [-0.39, 0.29) is 0 Å². The van der Waals surface area contributed by atoms with Gasteiger partial charge in [-0.05, 0) is 38.1 Å². The molecule has 0 atom stereocenters. The Hall–Kier alpha value is -3.14. The molecule has 0 fully saturated rings. The van der Waals surface area contributed by atoms with Crippen LogP contribution in [0.15, 0.2) is 52.9 Å². The summed E-state index contributed by atoms with van der Waals surface area (Å²) >= 11 is 0. The number of aryl methyl sites for hydroxylation is 2. The number of rotatable bonds is 3. The van der Waals surface area contributed by atoms with E-state index in [0.29, 0.717) is 5.71 Å². The molecule has 4 heteroatoms. The lowest BCUT2D eigenvalue weighted by molar-refractivity contribution is 0.650. The highest BCUT2D eigenvalue weighted by molar-refractivity contribution is 6.09. The minimum atomic E-state index is 0.687. The minimum Gasteiger partial charge on any atom is -0.431 e. The van der Waals surface area contributed by atoms with Crippen molar-refractivity contribution in [1.82, 2.24) is 9.56 Å². The van der Waals surface area contributed by atoms with Crippen LogP contribution in [0.5, 0.6) is 0 Å². The fourth-order valence-electron chi connectivity index (χ4n) is 3.64. The summed E-state index contributed by atoms with van der Waals surface area (Å²) in [6.07, 6.45) is 0. The molecule has 0 amide bonds. The lowest BCUT2D eigenvalue weighted by atomic mass is 10.1. The number of hydrogen-bond donors (Lipinski definition) is 1. The summed E-state index contributed by atoms with van der Waals surface area (Å²) in [6.45, 7) is 8.35. The molecule has 4 nitrogen and oxygen atoms in total. The number of furan rings is 1. The van der Waals surface area contributed by atoms with E-state index < -0.39 is 0 Å². The Labute approximate surface area is 159 Å². The van der Waals surface area contributed by atoms with E-state index in [2.05, 4.69) is 72.0 Å². The third kappa shape index (κ3) is 2.78. The molecule has 0 aliphatic carbocycles.